The van der Waals surface area contributed by atoms with Gasteiger partial charge in [-0.25, -0.2) is 9.97 Å². The molecule has 0 aliphatic carbocycles. The number of hydrogen-bond donors (Lipinski definition) is 0. The Hall–Kier alpha value is -4.65. The van der Waals surface area contributed by atoms with Crippen molar-refractivity contribution in [2.24, 2.45) is 0 Å². The minimum absolute atomic E-state index is 0.477. The van der Waals surface area contributed by atoms with E-state index in [9.17, 15) is 0 Å². The summed E-state index contributed by atoms with van der Waals surface area (Å²) in [5.41, 5.74) is 7.66. The van der Waals surface area contributed by atoms with E-state index in [-0.39, 0.29) is 0 Å². The highest BCUT2D eigenvalue weighted by atomic mass is 16.7. The monoisotopic (exact) mass is 561 g/mol. The second-order valence-electron chi connectivity index (χ2n) is 12.0. The third-order valence-electron chi connectivity index (χ3n) is 8.60. The molecule has 0 spiro atoms. The molecule has 3 heterocycles. The lowest BCUT2D eigenvalue weighted by Crippen LogP contribution is -2.41. The van der Waals surface area contributed by atoms with Crippen LogP contribution in [0.25, 0.3) is 55.9 Å². The van der Waals surface area contributed by atoms with Gasteiger partial charge in [-0.1, -0.05) is 91.0 Å². The molecule has 0 amide bonds. The van der Waals surface area contributed by atoms with E-state index >= 15 is 0 Å². The second-order valence-corrected chi connectivity index (χ2v) is 12.0. The SMILES string of the molecule is CC1(C)OB(c2cc3ncccc3cc2-c2ccccc2-c2cc(-c3ccccc3)nc(-c3ccccc3)n2)OC1(C)C. The molecule has 43 heavy (non-hydrogen) atoms. The lowest BCUT2D eigenvalue weighted by Gasteiger charge is -2.32. The van der Waals surface area contributed by atoms with E-state index in [2.05, 4.69) is 93.3 Å². The van der Waals surface area contributed by atoms with Crippen LogP contribution >= 0.6 is 0 Å². The van der Waals surface area contributed by atoms with Crippen molar-refractivity contribution >= 4 is 23.5 Å². The van der Waals surface area contributed by atoms with Crippen LogP contribution in [0.5, 0.6) is 0 Å². The zero-order valence-corrected chi connectivity index (χ0v) is 24.8. The van der Waals surface area contributed by atoms with Crippen molar-refractivity contribution in [3.63, 3.8) is 0 Å². The van der Waals surface area contributed by atoms with Crippen LogP contribution in [0.2, 0.25) is 0 Å². The Kier molecular flexibility index (Phi) is 6.68. The molecular weight excluding hydrogens is 529 g/mol. The van der Waals surface area contributed by atoms with Crippen LogP contribution in [0.3, 0.4) is 0 Å². The van der Waals surface area contributed by atoms with Gasteiger partial charge in [0.15, 0.2) is 5.82 Å². The molecule has 0 saturated carbocycles. The Morgan fingerprint density at radius 1 is 0.558 bits per heavy atom. The molecule has 0 N–H and O–H groups in total. The average Bonchev–Trinajstić information content (AvgIpc) is 3.27. The topological polar surface area (TPSA) is 57.1 Å². The van der Waals surface area contributed by atoms with Gasteiger partial charge in [-0.05, 0) is 68.6 Å². The van der Waals surface area contributed by atoms with Crippen molar-refractivity contribution in [3.8, 4) is 45.0 Å². The summed E-state index contributed by atoms with van der Waals surface area (Å²) in [6.07, 6.45) is 1.82. The van der Waals surface area contributed by atoms with Gasteiger partial charge in [0.1, 0.15) is 0 Å². The van der Waals surface area contributed by atoms with Crippen LogP contribution < -0.4 is 5.46 Å². The summed E-state index contributed by atoms with van der Waals surface area (Å²) < 4.78 is 13.2. The molecule has 6 aromatic rings. The Morgan fingerprint density at radius 2 is 1.16 bits per heavy atom. The summed E-state index contributed by atoms with van der Waals surface area (Å²) in [4.78, 5) is 14.8. The average molecular weight is 561 g/mol. The lowest BCUT2D eigenvalue weighted by atomic mass is 9.73. The first-order chi connectivity index (χ1) is 20.8. The fourth-order valence-corrected chi connectivity index (χ4v) is 5.53. The molecule has 1 aliphatic heterocycles. The number of pyridine rings is 1. The molecule has 4 aromatic carbocycles. The molecule has 0 atom stereocenters. The first-order valence-corrected chi connectivity index (χ1v) is 14.6. The summed E-state index contributed by atoms with van der Waals surface area (Å²) >= 11 is 0. The summed E-state index contributed by atoms with van der Waals surface area (Å²) in [6, 6.07) is 39.2. The molecule has 1 fully saturated rings. The maximum Gasteiger partial charge on any atom is 0.495 e. The Balaban J connectivity index is 1.45. The maximum atomic E-state index is 6.59. The van der Waals surface area contributed by atoms with Gasteiger partial charge >= 0.3 is 7.12 Å². The van der Waals surface area contributed by atoms with Gasteiger partial charge in [0.05, 0.1) is 28.1 Å². The van der Waals surface area contributed by atoms with Crippen molar-refractivity contribution < 1.29 is 9.31 Å². The maximum absolute atomic E-state index is 6.59. The zero-order valence-electron chi connectivity index (χ0n) is 24.8. The Morgan fingerprint density at radius 3 is 1.86 bits per heavy atom. The highest BCUT2D eigenvalue weighted by Crippen LogP contribution is 2.39. The van der Waals surface area contributed by atoms with Crippen LogP contribution in [-0.2, 0) is 9.31 Å². The normalized spacial score (nSPS) is 15.6. The van der Waals surface area contributed by atoms with Gasteiger partial charge in [0.2, 0.25) is 0 Å². The van der Waals surface area contributed by atoms with Crippen LogP contribution in [0, 0.1) is 0 Å². The van der Waals surface area contributed by atoms with Crippen molar-refractivity contribution in [1.82, 2.24) is 15.0 Å². The number of hydrogen-bond acceptors (Lipinski definition) is 5. The van der Waals surface area contributed by atoms with Crippen molar-refractivity contribution in [3.05, 3.63) is 121 Å². The minimum Gasteiger partial charge on any atom is -0.399 e. The van der Waals surface area contributed by atoms with Crippen molar-refractivity contribution in [2.75, 3.05) is 0 Å². The molecule has 0 unspecified atom stereocenters. The Bertz CT molecular complexity index is 1870. The zero-order chi connectivity index (χ0) is 29.6. The quantitative estimate of drug-likeness (QED) is 0.200. The third-order valence-corrected chi connectivity index (χ3v) is 8.60. The number of fused-ring (bicyclic) bond motifs is 1. The highest BCUT2D eigenvalue weighted by molar-refractivity contribution is 6.64. The molecular formula is C37H32BN3O2. The Labute approximate surface area is 252 Å². The largest absolute Gasteiger partial charge is 0.495 e. The summed E-state index contributed by atoms with van der Waals surface area (Å²) in [6.45, 7) is 8.32. The van der Waals surface area contributed by atoms with Crippen molar-refractivity contribution in [2.45, 2.75) is 38.9 Å². The predicted molar refractivity (Wildman–Crippen MR) is 175 cm³/mol. The van der Waals surface area contributed by atoms with Crippen molar-refractivity contribution in [1.29, 1.82) is 0 Å². The molecule has 6 heteroatoms. The lowest BCUT2D eigenvalue weighted by molar-refractivity contribution is 0.00578. The van der Waals surface area contributed by atoms with E-state index in [0.29, 0.717) is 5.82 Å². The van der Waals surface area contributed by atoms with Gasteiger partial charge in [0, 0.05) is 28.3 Å². The number of nitrogens with zero attached hydrogens (tertiary/aromatic N) is 3. The van der Waals surface area contributed by atoms with Gasteiger partial charge in [-0.3, -0.25) is 4.98 Å². The highest BCUT2D eigenvalue weighted by Gasteiger charge is 2.52. The number of benzene rings is 4. The van der Waals surface area contributed by atoms with Crippen LogP contribution in [0.15, 0.2) is 121 Å². The molecule has 2 aromatic heterocycles. The molecule has 1 saturated heterocycles. The molecule has 210 valence electrons. The van der Waals surface area contributed by atoms with E-state index in [0.717, 1.165) is 55.6 Å². The smallest absolute Gasteiger partial charge is 0.399 e. The van der Waals surface area contributed by atoms with Crippen LogP contribution in [-0.4, -0.2) is 33.3 Å². The predicted octanol–water partition coefficient (Wildman–Crippen LogP) is 7.99. The fraction of sp³-hybridized carbons (Fsp3) is 0.162. The number of aromatic nitrogens is 3. The van der Waals surface area contributed by atoms with Gasteiger partial charge < -0.3 is 9.31 Å². The van der Waals surface area contributed by atoms with Crippen LogP contribution in [0.1, 0.15) is 27.7 Å². The third kappa shape index (κ3) is 5.03. The standard InChI is InChI=1S/C37H32BN3O2/c1-36(2)37(3,4)43-38(42-36)31-23-32-27(18-13-21-39-32)22-30(31)28-19-11-12-20-29(28)34-24-33(25-14-7-5-8-15-25)40-35(41-34)26-16-9-6-10-17-26/h5-24H,1-4H3. The fourth-order valence-electron chi connectivity index (χ4n) is 5.53. The first-order valence-electron chi connectivity index (χ1n) is 14.6. The summed E-state index contributed by atoms with van der Waals surface area (Å²) in [5, 5.41) is 1.05. The van der Waals surface area contributed by atoms with E-state index in [1.807, 2.05) is 60.8 Å². The molecule has 0 radical (unpaired) electrons. The molecule has 0 bridgehead atoms. The summed E-state index contributed by atoms with van der Waals surface area (Å²) in [5.74, 6) is 0.681. The molecule has 7 rings (SSSR count). The van der Waals surface area contributed by atoms with E-state index in [1.165, 1.54) is 0 Å². The van der Waals surface area contributed by atoms with E-state index < -0.39 is 18.3 Å². The van der Waals surface area contributed by atoms with Gasteiger partial charge in [-0.15, -0.1) is 0 Å². The minimum atomic E-state index is -0.551. The van der Waals surface area contributed by atoms with Gasteiger partial charge in [0.25, 0.3) is 0 Å². The molecule has 1 aliphatic rings. The second kappa shape index (κ2) is 10.6. The van der Waals surface area contributed by atoms with E-state index in [1.54, 1.807) is 0 Å². The van der Waals surface area contributed by atoms with Gasteiger partial charge in [-0.2, -0.15) is 0 Å². The number of rotatable bonds is 5. The van der Waals surface area contributed by atoms with Crippen LogP contribution in [0.4, 0.5) is 0 Å². The van der Waals surface area contributed by atoms with E-state index in [4.69, 9.17) is 19.3 Å². The summed E-state index contributed by atoms with van der Waals surface area (Å²) in [7, 11) is -0.551. The molecule has 5 nitrogen and oxygen atoms in total. The first kappa shape index (κ1) is 27.2.